The van der Waals surface area contributed by atoms with E-state index in [-0.39, 0.29) is 0 Å². The van der Waals surface area contributed by atoms with Crippen molar-refractivity contribution in [1.82, 2.24) is 20.2 Å². The predicted octanol–water partition coefficient (Wildman–Crippen LogP) is 1.31. The molecular weight excluding hydrogens is 250 g/mol. The van der Waals surface area contributed by atoms with E-state index in [9.17, 15) is 0 Å². The summed E-state index contributed by atoms with van der Waals surface area (Å²) in [4.78, 5) is 8.43. The summed E-state index contributed by atoms with van der Waals surface area (Å²) in [5, 5.41) is 15.0. The maximum absolute atomic E-state index is 5.33. The SMILES string of the molecule is NNc1nc(NCc2ccsc2)c2cn[nH]c2n1. The van der Waals surface area contributed by atoms with Crippen molar-refractivity contribution in [2.24, 2.45) is 5.84 Å². The van der Waals surface area contributed by atoms with E-state index in [0.29, 0.717) is 24.0 Å². The highest BCUT2D eigenvalue weighted by Crippen LogP contribution is 2.20. The molecule has 0 radical (unpaired) electrons. The number of aromatic nitrogens is 4. The summed E-state index contributed by atoms with van der Waals surface area (Å²) in [5.74, 6) is 6.38. The van der Waals surface area contributed by atoms with Gasteiger partial charge in [-0.1, -0.05) is 0 Å². The summed E-state index contributed by atoms with van der Waals surface area (Å²) in [6.07, 6.45) is 1.69. The summed E-state index contributed by atoms with van der Waals surface area (Å²) in [6, 6.07) is 2.06. The fourth-order valence-electron chi connectivity index (χ4n) is 1.61. The molecule has 18 heavy (non-hydrogen) atoms. The Morgan fingerprint density at radius 3 is 3.11 bits per heavy atom. The van der Waals surface area contributed by atoms with E-state index in [1.807, 2.05) is 5.38 Å². The quantitative estimate of drug-likeness (QED) is 0.417. The number of rotatable bonds is 4. The lowest BCUT2D eigenvalue weighted by molar-refractivity contribution is 1.07. The highest BCUT2D eigenvalue weighted by atomic mass is 32.1. The van der Waals surface area contributed by atoms with E-state index in [1.54, 1.807) is 17.5 Å². The minimum atomic E-state index is 0.347. The first kappa shape index (κ1) is 10.9. The Morgan fingerprint density at radius 2 is 2.33 bits per heavy atom. The third-order valence-electron chi connectivity index (χ3n) is 2.48. The molecular formula is C10H11N7S. The van der Waals surface area contributed by atoms with Gasteiger partial charge in [0, 0.05) is 6.54 Å². The first-order valence-corrected chi connectivity index (χ1v) is 6.24. The summed E-state index contributed by atoms with van der Waals surface area (Å²) in [5.41, 5.74) is 4.28. The second-order valence-corrected chi connectivity index (χ2v) is 4.44. The zero-order chi connectivity index (χ0) is 12.4. The molecule has 0 saturated heterocycles. The van der Waals surface area contributed by atoms with Gasteiger partial charge in [0.2, 0.25) is 5.95 Å². The van der Waals surface area contributed by atoms with Crippen LogP contribution in [0, 0.1) is 0 Å². The van der Waals surface area contributed by atoms with Crippen LogP contribution in [-0.4, -0.2) is 20.2 Å². The standard InChI is InChI=1S/C10H11N7S/c11-16-10-14-8(7-4-13-17-9(7)15-10)12-3-6-1-2-18-5-6/h1-2,4-5H,3,11H2,(H3,12,13,14,15,16,17). The molecule has 3 rings (SSSR count). The van der Waals surface area contributed by atoms with Gasteiger partial charge in [-0.25, -0.2) is 5.84 Å². The van der Waals surface area contributed by atoms with Crippen LogP contribution in [0.25, 0.3) is 11.0 Å². The fourth-order valence-corrected chi connectivity index (χ4v) is 2.28. The molecule has 0 amide bonds. The van der Waals surface area contributed by atoms with Crippen molar-refractivity contribution in [2.45, 2.75) is 6.54 Å². The molecule has 0 aliphatic carbocycles. The van der Waals surface area contributed by atoms with Gasteiger partial charge >= 0.3 is 0 Å². The highest BCUT2D eigenvalue weighted by Gasteiger charge is 2.08. The lowest BCUT2D eigenvalue weighted by atomic mass is 10.3. The molecule has 0 aromatic carbocycles. The number of hydrogen-bond donors (Lipinski definition) is 4. The molecule has 3 aromatic heterocycles. The second-order valence-electron chi connectivity index (χ2n) is 3.66. The molecule has 92 valence electrons. The number of anilines is 2. The zero-order valence-electron chi connectivity index (χ0n) is 9.34. The van der Waals surface area contributed by atoms with Crippen LogP contribution in [0.5, 0.6) is 0 Å². The van der Waals surface area contributed by atoms with Crippen LogP contribution in [0.3, 0.4) is 0 Å². The van der Waals surface area contributed by atoms with Gasteiger partial charge in [-0.3, -0.25) is 10.5 Å². The van der Waals surface area contributed by atoms with Gasteiger partial charge in [-0.2, -0.15) is 26.4 Å². The topological polar surface area (TPSA) is 105 Å². The van der Waals surface area contributed by atoms with Gasteiger partial charge in [0.1, 0.15) is 5.82 Å². The third kappa shape index (κ3) is 1.98. The Balaban J connectivity index is 1.92. The van der Waals surface area contributed by atoms with Crippen molar-refractivity contribution < 1.29 is 0 Å². The molecule has 0 atom stereocenters. The van der Waals surface area contributed by atoms with E-state index >= 15 is 0 Å². The van der Waals surface area contributed by atoms with Gasteiger partial charge in [-0.15, -0.1) is 0 Å². The maximum atomic E-state index is 5.33. The number of hydrogen-bond acceptors (Lipinski definition) is 7. The van der Waals surface area contributed by atoms with Crippen molar-refractivity contribution in [2.75, 3.05) is 10.7 Å². The van der Waals surface area contributed by atoms with Gasteiger partial charge in [0.15, 0.2) is 5.65 Å². The Kier molecular flexibility index (Phi) is 2.79. The van der Waals surface area contributed by atoms with Crippen LogP contribution < -0.4 is 16.6 Å². The number of thiophene rings is 1. The molecule has 3 aromatic rings. The molecule has 3 heterocycles. The van der Waals surface area contributed by atoms with Crippen molar-refractivity contribution in [1.29, 1.82) is 0 Å². The molecule has 0 aliphatic rings. The Bertz CT molecular complexity index is 645. The lowest BCUT2D eigenvalue weighted by Gasteiger charge is -2.07. The molecule has 0 spiro atoms. The molecule has 8 heteroatoms. The van der Waals surface area contributed by atoms with Gasteiger partial charge in [-0.05, 0) is 22.4 Å². The predicted molar refractivity (Wildman–Crippen MR) is 71.1 cm³/mol. The number of nitrogens with two attached hydrogens (primary N) is 1. The molecule has 7 nitrogen and oxygen atoms in total. The minimum Gasteiger partial charge on any atom is -0.365 e. The monoisotopic (exact) mass is 261 g/mol. The average molecular weight is 261 g/mol. The number of hydrazine groups is 1. The van der Waals surface area contributed by atoms with Crippen molar-refractivity contribution in [3.8, 4) is 0 Å². The lowest BCUT2D eigenvalue weighted by Crippen LogP contribution is -2.12. The zero-order valence-corrected chi connectivity index (χ0v) is 10.2. The van der Waals surface area contributed by atoms with Crippen LogP contribution in [0.15, 0.2) is 23.0 Å². The van der Waals surface area contributed by atoms with Crippen LogP contribution in [0.2, 0.25) is 0 Å². The summed E-state index contributed by atoms with van der Waals surface area (Å²) in [6.45, 7) is 0.699. The number of nitrogens with zero attached hydrogens (tertiary/aromatic N) is 3. The molecule has 0 fully saturated rings. The van der Waals surface area contributed by atoms with Crippen molar-refractivity contribution >= 4 is 34.1 Å². The number of nitrogen functional groups attached to an aromatic ring is 1. The summed E-state index contributed by atoms with van der Waals surface area (Å²) in [7, 11) is 0. The van der Waals surface area contributed by atoms with E-state index in [1.165, 1.54) is 5.56 Å². The van der Waals surface area contributed by atoms with Crippen molar-refractivity contribution in [3.63, 3.8) is 0 Å². The molecule has 0 saturated carbocycles. The van der Waals surface area contributed by atoms with Gasteiger partial charge in [0.25, 0.3) is 0 Å². The van der Waals surface area contributed by atoms with E-state index in [4.69, 9.17) is 5.84 Å². The smallest absolute Gasteiger partial charge is 0.241 e. The summed E-state index contributed by atoms with van der Waals surface area (Å²) < 4.78 is 0. The average Bonchev–Trinajstić information content (AvgIpc) is 3.06. The van der Waals surface area contributed by atoms with E-state index in [2.05, 4.69) is 42.4 Å². The first-order chi connectivity index (χ1) is 8.86. The Hall–Kier alpha value is -2.19. The second kappa shape index (κ2) is 4.59. The third-order valence-corrected chi connectivity index (χ3v) is 3.21. The number of H-pyrrole nitrogens is 1. The Labute approximate surface area is 106 Å². The number of aromatic amines is 1. The molecule has 0 aliphatic heterocycles. The fraction of sp³-hybridized carbons (Fsp3) is 0.100. The molecule has 0 bridgehead atoms. The van der Waals surface area contributed by atoms with E-state index in [0.717, 1.165) is 5.39 Å². The van der Waals surface area contributed by atoms with Crippen LogP contribution in [0.4, 0.5) is 11.8 Å². The maximum Gasteiger partial charge on any atom is 0.241 e. The largest absolute Gasteiger partial charge is 0.365 e. The van der Waals surface area contributed by atoms with E-state index < -0.39 is 0 Å². The highest BCUT2D eigenvalue weighted by molar-refractivity contribution is 7.07. The molecule has 0 unspecified atom stereocenters. The van der Waals surface area contributed by atoms with Gasteiger partial charge in [0.05, 0.1) is 11.6 Å². The van der Waals surface area contributed by atoms with Gasteiger partial charge < -0.3 is 5.32 Å². The van der Waals surface area contributed by atoms with Crippen LogP contribution >= 0.6 is 11.3 Å². The van der Waals surface area contributed by atoms with Crippen LogP contribution in [-0.2, 0) is 6.54 Å². The Morgan fingerprint density at radius 1 is 1.39 bits per heavy atom. The van der Waals surface area contributed by atoms with Crippen LogP contribution in [0.1, 0.15) is 5.56 Å². The van der Waals surface area contributed by atoms with Crippen molar-refractivity contribution in [3.05, 3.63) is 28.6 Å². The normalized spacial score (nSPS) is 10.7. The molecule has 5 N–H and O–H groups in total. The first-order valence-electron chi connectivity index (χ1n) is 5.29. The number of nitrogens with one attached hydrogen (secondary N) is 3. The summed E-state index contributed by atoms with van der Waals surface area (Å²) >= 11 is 1.66. The minimum absolute atomic E-state index is 0.347. The number of fused-ring (bicyclic) bond motifs is 1.